The van der Waals surface area contributed by atoms with E-state index in [-0.39, 0.29) is 27.2 Å². The zero-order chi connectivity index (χ0) is 58.1. The summed E-state index contributed by atoms with van der Waals surface area (Å²) in [5.41, 5.74) is 20.8. The molecular weight excluding hydrogens is 1090 g/mol. The van der Waals surface area contributed by atoms with E-state index in [1.165, 1.54) is 0 Å². The molecule has 0 saturated heterocycles. The third-order valence-electron chi connectivity index (χ3n) is 18.2. The van der Waals surface area contributed by atoms with Crippen molar-refractivity contribution in [2.24, 2.45) is 0 Å². The van der Waals surface area contributed by atoms with Crippen LogP contribution < -0.4 is 37.9 Å². The molecular formula is C80H56O8. The first kappa shape index (κ1) is 51.5. The molecule has 88 heavy (non-hydrogen) atoms. The third kappa shape index (κ3) is 9.06. The molecule has 8 nitrogen and oxygen atoms in total. The highest BCUT2D eigenvalue weighted by Crippen LogP contribution is 2.56. The summed E-state index contributed by atoms with van der Waals surface area (Å²) >= 11 is 0. The van der Waals surface area contributed by atoms with E-state index in [0.29, 0.717) is 46.0 Å². The molecule has 12 aromatic rings. The fourth-order valence-electron chi connectivity index (χ4n) is 13.9. The average Bonchev–Trinajstić information content (AvgIpc) is 3.73. The van der Waals surface area contributed by atoms with Gasteiger partial charge in [-0.3, -0.25) is 0 Å². The van der Waals surface area contributed by atoms with Gasteiger partial charge in [-0.05, 0) is 91.0 Å². The summed E-state index contributed by atoms with van der Waals surface area (Å²) in [5.74, 6) is 3.36. The van der Waals surface area contributed by atoms with E-state index in [0.717, 1.165) is 111 Å². The van der Waals surface area contributed by atoms with Crippen LogP contribution in [0.1, 0.15) is 90.4 Å². The first-order valence-corrected chi connectivity index (χ1v) is 30.0. The van der Waals surface area contributed by atoms with Crippen LogP contribution in [0.3, 0.4) is 0 Å². The second kappa shape index (κ2) is 21.5. The second-order valence-electron chi connectivity index (χ2n) is 23.0. The maximum absolute atomic E-state index is 6.85. The fraction of sp³-hybridized carbons (Fsp3) is 0.100. The second-order valence-corrected chi connectivity index (χ2v) is 23.0. The predicted molar refractivity (Wildman–Crippen MR) is 342 cm³/mol. The summed E-state index contributed by atoms with van der Waals surface area (Å²) < 4.78 is 54.8. The maximum Gasteiger partial charge on any atom is 0.230 e. The van der Waals surface area contributed by atoms with Crippen LogP contribution in [0.5, 0.6) is 46.0 Å². The van der Waals surface area contributed by atoms with E-state index >= 15 is 0 Å². The smallest absolute Gasteiger partial charge is 0.230 e. The number of ether oxygens (including phenoxy) is 8. The van der Waals surface area contributed by atoms with E-state index < -0.39 is 23.7 Å². The molecule has 0 aromatic heterocycles. The molecule has 0 fully saturated rings. The highest BCUT2D eigenvalue weighted by atomic mass is 16.7. The van der Waals surface area contributed by atoms with Crippen molar-refractivity contribution in [3.63, 3.8) is 0 Å². The molecule has 17 rings (SSSR count). The molecule has 0 radical (unpaired) electrons. The average molecular weight is 1150 g/mol. The van der Waals surface area contributed by atoms with Crippen molar-refractivity contribution in [2.75, 3.05) is 27.2 Å². The van der Waals surface area contributed by atoms with Gasteiger partial charge in [-0.15, -0.1) is 0 Å². The summed E-state index contributed by atoms with van der Waals surface area (Å²) in [5, 5.41) is 0. The number of rotatable bonds is 8. The van der Waals surface area contributed by atoms with Crippen LogP contribution >= 0.6 is 0 Å². The van der Waals surface area contributed by atoms with Crippen LogP contribution in [0.25, 0.3) is 44.5 Å². The molecule has 12 aromatic carbocycles. The summed E-state index contributed by atoms with van der Waals surface area (Å²) in [6.07, 6.45) is 0. The zero-order valence-electron chi connectivity index (χ0n) is 47.8. The van der Waals surface area contributed by atoms with Crippen LogP contribution in [0.4, 0.5) is 0 Å². The van der Waals surface area contributed by atoms with Crippen molar-refractivity contribution in [1.82, 2.24) is 0 Å². The van der Waals surface area contributed by atoms with Crippen LogP contribution in [-0.2, 0) is 0 Å². The van der Waals surface area contributed by atoms with Crippen molar-refractivity contribution in [3.8, 4) is 90.5 Å². The quantitative estimate of drug-likeness (QED) is 0.149. The third-order valence-corrected chi connectivity index (χ3v) is 18.2. The normalized spacial score (nSPS) is 17.2. The van der Waals surface area contributed by atoms with Gasteiger partial charge in [-0.1, -0.05) is 218 Å². The molecule has 424 valence electrons. The highest BCUT2D eigenvalue weighted by molar-refractivity contribution is 5.73. The van der Waals surface area contributed by atoms with Gasteiger partial charge in [0.1, 0.15) is 46.0 Å². The van der Waals surface area contributed by atoms with E-state index in [4.69, 9.17) is 37.9 Å². The van der Waals surface area contributed by atoms with E-state index in [2.05, 4.69) is 243 Å². The van der Waals surface area contributed by atoms with Crippen molar-refractivity contribution in [1.29, 1.82) is 0 Å². The Morgan fingerprint density at radius 1 is 0.170 bits per heavy atom. The molecule has 0 saturated carbocycles. The Morgan fingerprint density at radius 2 is 0.330 bits per heavy atom. The van der Waals surface area contributed by atoms with Crippen molar-refractivity contribution in [2.45, 2.75) is 23.7 Å². The van der Waals surface area contributed by atoms with E-state index in [1.54, 1.807) is 0 Å². The van der Waals surface area contributed by atoms with Gasteiger partial charge >= 0.3 is 0 Å². The molecule has 8 bridgehead atoms. The molecule has 0 unspecified atom stereocenters. The summed E-state index contributed by atoms with van der Waals surface area (Å²) in [4.78, 5) is 0. The van der Waals surface area contributed by atoms with Gasteiger partial charge in [0.2, 0.25) is 27.2 Å². The first-order valence-electron chi connectivity index (χ1n) is 30.0. The molecule has 8 heteroatoms. The van der Waals surface area contributed by atoms with Gasteiger partial charge < -0.3 is 37.9 Å². The molecule has 4 heterocycles. The lowest BCUT2D eigenvalue weighted by molar-refractivity contribution is 0.0996. The molecule has 0 atom stereocenters. The van der Waals surface area contributed by atoms with Crippen molar-refractivity contribution >= 4 is 0 Å². The summed E-state index contributed by atoms with van der Waals surface area (Å²) in [6, 6.07) is 95.3. The van der Waals surface area contributed by atoms with Gasteiger partial charge in [0, 0.05) is 92.4 Å². The van der Waals surface area contributed by atoms with Gasteiger partial charge in [0.05, 0.1) is 0 Å². The predicted octanol–water partition coefficient (Wildman–Crippen LogP) is 18.3. The maximum atomic E-state index is 6.85. The van der Waals surface area contributed by atoms with E-state index in [1.807, 2.05) is 24.3 Å². The first-order chi connectivity index (χ1) is 43.6. The fourth-order valence-corrected chi connectivity index (χ4v) is 13.9. The minimum Gasteiger partial charge on any atom is -0.457 e. The van der Waals surface area contributed by atoms with Crippen LogP contribution in [0.2, 0.25) is 0 Å². The molecule has 0 N–H and O–H groups in total. The monoisotopic (exact) mass is 1140 g/mol. The van der Waals surface area contributed by atoms with Gasteiger partial charge in [0.25, 0.3) is 0 Å². The SMILES string of the molecule is c1ccc(-c2ccc(C3c4cc5c6cc4OCOc4cc7c(cc43)C(c3ccc(-c4ccccc4)cc3)c3cc4c(cc3OCO7)OCOc3cc(c(cc3C4c3ccc(-c4ccccc4)cc3)C5c3ccc(-c4ccccc4)cc3)OCO6)cc2)cc1. The molecule has 4 aliphatic heterocycles. The lowest BCUT2D eigenvalue weighted by atomic mass is 9.74. The topological polar surface area (TPSA) is 73.8 Å². The van der Waals surface area contributed by atoms with Crippen LogP contribution in [0, 0.1) is 0 Å². The van der Waals surface area contributed by atoms with Crippen LogP contribution in [-0.4, -0.2) is 27.2 Å². The Kier molecular flexibility index (Phi) is 12.6. The van der Waals surface area contributed by atoms with Gasteiger partial charge in [0.15, 0.2) is 0 Å². The Balaban J connectivity index is 0.982. The number of benzene rings is 12. The highest BCUT2D eigenvalue weighted by Gasteiger charge is 2.39. The molecule has 0 spiro atoms. The zero-order valence-corrected chi connectivity index (χ0v) is 47.8. The molecule has 0 amide bonds. The van der Waals surface area contributed by atoms with E-state index in [9.17, 15) is 0 Å². The summed E-state index contributed by atoms with van der Waals surface area (Å²) in [6.45, 7) is -0.291. The van der Waals surface area contributed by atoms with Gasteiger partial charge in [-0.25, -0.2) is 0 Å². The number of hydrogen-bond donors (Lipinski definition) is 0. The molecule has 5 aliphatic rings. The standard InChI is InChI=1S/C80H56O8/c1-5-13-49(14-6-1)53-21-29-57(30-22-53)77-61-37-63-71-41-69(61)81-45-82-70-42-72-64(38-62(70)77)79(59-33-25-55(26-34-59)51-17-9-3-10-18-51)66-40-68-76(44-74(66)86-47-84-72)88-48-87-75-43-73(85-46-83-71)65(78(63)58-31-23-54(24-32-58)50-15-7-2-8-16-50)39-67(75)80(68)60-35-27-56(28-36-60)52-19-11-4-12-20-52/h1-44,77-80H,45-48H2. The largest absolute Gasteiger partial charge is 0.457 e. The molecule has 1 aliphatic carbocycles. The minimum atomic E-state index is -0.435. The van der Waals surface area contributed by atoms with Crippen LogP contribution in [0.15, 0.2) is 267 Å². The Morgan fingerprint density at radius 3 is 0.500 bits per heavy atom. The van der Waals surface area contributed by atoms with Gasteiger partial charge in [-0.2, -0.15) is 0 Å². The van der Waals surface area contributed by atoms with Crippen molar-refractivity contribution < 1.29 is 37.9 Å². The lowest BCUT2D eigenvalue weighted by Gasteiger charge is -2.35. The van der Waals surface area contributed by atoms with Crippen molar-refractivity contribution in [3.05, 3.63) is 334 Å². The Labute approximate surface area is 510 Å². The Hall–Kier alpha value is -11.0. The minimum absolute atomic E-state index is 0.0728. The Bertz CT molecular complexity index is 3890. The summed E-state index contributed by atoms with van der Waals surface area (Å²) in [7, 11) is 0. The number of hydrogen-bond acceptors (Lipinski definition) is 8. The lowest BCUT2D eigenvalue weighted by Crippen LogP contribution is -2.23.